The van der Waals surface area contributed by atoms with E-state index < -0.39 is 0 Å². The molecule has 1 saturated heterocycles. The highest BCUT2D eigenvalue weighted by Gasteiger charge is 2.27. The van der Waals surface area contributed by atoms with E-state index in [1.807, 2.05) is 0 Å². The maximum atomic E-state index is 10.0. The molecule has 1 fully saturated rings. The highest BCUT2D eigenvalue weighted by molar-refractivity contribution is 9.11. The van der Waals surface area contributed by atoms with E-state index >= 15 is 0 Å². The molecule has 1 heterocycles. The van der Waals surface area contributed by atoms with Crippen LogP contribution in [0.5, 0.6) is 5.75 Å². The van der Waals surface area contributed by atoms with Crippen molar-refractivity contribution in [3.05, 3.63) is 25.0 Å². The quantitative estimate of drug-likeness (QED) is 0.604. The standard InChI is InChI=1S/C12H15Br3N2O2.ClH/c13-7-5-8(14)12(19)11(15)10(7)9(6-18)17-3-1-16-2-4-17;/h5,9,16,18-19H,1-4,6H2;1H/t9-;/m1./s1. The van der Waals surface area contributed by atoms with Gasteiger partial charge in [0.1, 0.15) is 5.75 Å². The first-order valence-electron chi connectivity index (χ1n) is 5.98. The fourth-order valence-electron chi connectivity index (χ4n) is 2.28. The molecule has 1 aliphatic heterocycles. The molecule has 0 bridgehead atoms. The monoisotopic (exact) mass is 492 g/mol. The lowest BCUT2D eigenvalue weighted by molar-refractivity contribution is 0.110. The SMILES string of the molecule is Cl.OC[C@H](c1c(Br)cc(Br)c(O)c1Br)N1CCNCC1. The van der Waals surface area contributed by atoms with Gasteiger partial charge in [0.25, 0.3) is 0 Å². The highest BCUT2D eigenvalue weighted by atomic mass is 79.9. The molecule has 2 rings (SSSR count). The summed E-state index contributed by atoms with van der Waals surface area (Å²) in [5.74, 6) is 0.159. The van der Waals surface area contributed by atoms with Crippen LogP contribution in [0, 0.1) is 0 Å². The number of phenolic OH excluding ortho intramolecular Hbond substituents is 1. The van der Waals surface area contributed by atoms with Crippen molar-refractivity contribution in [1.82, 2.24) is 10.2 Å². The number of phenols is 1. The lowest BCUT2D eigenvalue weighted by Crippen LogP contribution is -2.46. The first-order valence-corrected chi connectivity index (χ1v) is 8.36. The number of aromatic hydroxyl groups is 1. The van der Waals surface area contributed by atoms with Crippen LogP contribution in [0.25, 0.3) is 0 Å². The normalized spacial score (nSPS) is 17.6. The number of nitrogens with one attached hydrogen (secondary N) is 1. The molecule has 3 N–H and O–H groups in total. The molecule has 0 saturated carbocycles. The Kier molecular flexibility index (Phi) is 7.76. The predicted molar refractivity (Wildman–Crippen MR) is 92.7 cm³/mol. The number of piperazine rings is 1. The summed E-state index contributed by atoms with van der Waals surface area (Å²) < 4.78 is 2.10. The summed E-state index contributed by atoms with van der Waals surface area (Å²) in [6, 6.07) is 1.67. The third-order valence-corrected chi connectivity index (χ3v) is 5.34. The van der Waals surface area contributed by atoms with Crippen LogP contribution in [0.1, 0.15) is 11.6 Å². The third kappa shape index (κ3) is 3.88. The van der Waals surface area contributed by atoms with Crippen molar-refractivity contribution in [3.8, 4) is 5.75 Å². The second-order valence-corrected chi connectivity index (χ2v) is 6.90. The Balaban J connectivity index is 0.00000200. The molecule has 0 amide bonds. The van der Waals surface area contributed by atoms with Crippen LogP contribution in [-0.2, 0) is 0 Å². The molecule has 1 aromatic rings. The fourth-order valence-corrected chi connectivity index (χ4v) is 4.93. The molecule has 0 spiro atoms. The summed E-state index contributed by atoms with van der Waals surface area (Å²) in [4.78, 5) is 2.22. The van der Waals surface area contributed by atoms with Crippen molar-refractivity contribution in [2.24, 2.45) is 0 Å². The van der Waals surface area contributed by atoms with Crippen LogP contribution in [0.2, 0.25) is 0 Å². The van der Waals surface area contributed by atoms with E-state index in [1.54, 1.807) is 6.07 Å². The Morgan fingerprint density at radius 2 is 1.80 bits per heavy atom. The largest absolute Gasteiger partial charge is 0.506 e. The van der Waals surface area contributed by atoms with Gasteiger partial charge in [0.05, 0.1) is 21.6 Å². The Hall–Kier alpha value is 0.630. The minimum atomic E-state index is -0.134. The molecule has 0 unspecified atom stereocenters. The average molecular weight is 495 g/mol. The zero-order valence-electron chi connectivity index (χ0n) is 10.6. The molecular weight excluding hydrogens is 479 g/mol. The van der Waals surface area contributed by atoms with Crippen molar-refractivity contribution in [2.75, 3.05) is 32.8 Å². The summed E-state index contributed by atoms with van der Waals surface area (Å²) >= 11 is 10.2. The fraction of sp³-hybridized carbons (Fsp3) is 0.500. The lowest BCUT2D eigenvalue weighted by Gasteiger charge is -2.35. The van der Waals surface area contributed by atoms with Gasteiger partial charge in [-0.25, -0.2) is 0 Å². The Labute approximate surface area is 149 Å². The minimum absolute atomic E-state index is 0. The van der Waals surface area contributed by atoms with Crippen LogP contribution in [0.15, 0.2) is 19.5 Å². The molecule has 1 aromatic carbocycles. The molecular formula is C12H16Br3ClN2O2. The number of halogens is 4. The van der Waals surface area contributed by atoms with Gasteiger partial charge < -0.3 is 15.5 Å². The second-order valence-electron chi connectivity index (χ2n) is 4.40. The molecule has 8 heteroatoms. The third-order valence-electron chi connectivity index (χ3n) is 3.28. The number of rotatable bonds is 3. The van der Waals surface area contributed by atoms with E-state index in [-0.39, 0.29) is 30.8 Å². The number of hydrogen-bond acceptors (Lipinski definition) is 4. The Morgan fingerprint density at radius 1 is 1.20 bits per heavy atom. The lowest BCUT2D eigenvalue weighted by atomic mass is 10.0. The minimum Gasteiger partial charge on any atom is -0.506 e. The molecule has 4 nitrogen and oxygen atoms in total. The van der Waals surface area contributed by atoms with Crippen LogP contribution < -0.4 is 5.32 Å². The summed E-state index contributed by atoms with van der Waals surface area (Å²) in [5, 5.41) is 23.1. The van der Waals surface area contributed by atoms with Crippen molar-refractivity contribution in [1.29, 1.82) is 0 Å². The maximum absolute atomic E-state index is 10.0. The van der Waals surface area contributed by atoms with Gasteiger partial charge in [-0.1, -0.05) is 15.9 Å². The molecule has 0 radical (unpaired) electrons. The number of aliphatic hydroxyl groups excluding tert-OH is 1. The highest BCUT2D eigenvalue weighted by Crippen LogP contribution is 2.43. The molecule has 1 atom stereocenters. The summed E-state index contributed by atoms with van der Waals surface area (Å²) in [6.45, 7) is 3.59. The first kappa shape index (κ1) is 18.7. The predicted octanol–water partition coefficient (Wildman–Crippen LogP) is 3.04. The maximum Gasteiger partial charge on any atom is 0.144 e. The Bertz CT molecular complexity index is 471. The number of hydrogen-bond donors (Lipinski definition) is 3. The van der Waals surface area contributed by atoms with Crippen molar-refractivity contribution in [3.63, 3.8) is 0 Å². The van der Waals surface area contributed by atoms with Crippen molar-refractivity contribution in [2.45, 2.75) is 6.04 Å². The molecule has 20 heavy (non-hydrogen) atoms. The second kappa shape index (κ2) is 8.31. The van der Waals surface area contributed by atoms with Crippen LogP contribution in [0.3, 0.4) is 0 Å². The number of benzene rings is 1. The van der Waals surface area contributed by atoms with E-state index in [0.29, 0.717) is 8.95 Å². The van der Waals surface area contributed by atoms with E-state index in [4.69, 9.17) is 0 Å². The van der Waals surface area contributed by atoms with Gasteiger partial charge in [-0.2, -0.15) is 0 Å². The van der Waals surface area contributed by atoms with E-state index in [1.165, 1.54) is 0 Å². The van der Waals surface area contributed by atoms with Gasteiger partial charge in [-0.05, 0) is 37.9 Å². The smallest absolute Gasteiger partial charge is 0.144 e. The van der Waals surface area contributed by atoms with Gasteiger partial charge in [0.15, 0.2) is 0 Å². The summed E-state index contributed by atoms with van der Waals surface area (Å²) in [7, 11) is 0. The van der Waals surface area contributed by atoms with Gasteiger partial charge >= 0.3 is 0 Å². The van der Waals surface area contributed by atoms with Crippen LogP contribution in [0.4, 0.5) is 0 Å². The topological polar surface area (TPSA) is 55.7 Å². The first-order chi connectivity index (χ1) is 9.06. The Morgan fingerprint density at radius 3 is 2.35 bits per heavy atom. The van der Waals surface area contributed by atoms with Crippen LogP contribution in [-0.4, -0.2) is 47.9 Å². The van der Waals surface area contributed by atoms with Crippen molar-refractivity contribution < 1.29 is 10.2 Å². The van der Waals surface area contributed by atoms with Gasteiger partial charge in [-0.15, -0.1) is 12.4 Å². The zero-order valence-corrected chi connectivity index (χ0v) is 16.1. The van der Waals surface area contributed by atoms with E-state index in [0.717, 1.165) is 36.2 Å². The van der Waals surface area contributed by atoms with E-state index in [2.05, 4.69) is 58.0 Å². The molecule has 1 aliphatic rings. The molecule has 114 valence electrons. The molecule has 0 aliphatic carbocycles. The average Bonchev–Trinajstić information content (AvgIpc) is 2.42. The molecule has 0 aromatic heterocycles. The summed E-state index contributed by atoms with van der Waals surface area (Å²) in [6.07, 6.45) is 0. The van der Waals surface area contributed by atoms with E-state index in [9.17, 15) is 10.2 Å². The van der Waals surface area contributed by atoms with Gasteiger partial charge in [0.2, 0.25) is 0 Å². The van der Waals surface area contributed by atoms with Crippen molar-refractivity contribution >= 4 is 60.2 Å². The number of aliphatic hydroxyl groups is 1. The number of nitrogens with zero attached hydrogens (tertiary/aromatic N) is 1. The van der Waals surface area contributed by atoms with Crippen LogP contribution >= 0.6 is 60.2 Å². The van der Waals surface area contributed by atoms with Gasteiger partial charge in [-0.3, -0.25) is 4.90 Å². The zero-order chi connectivity index (χ0) is 14.0. The summed E-state index contributed by atoms with van der Waals surface area (Å²) in [5.41, 5.74) is 0.880. The van der Waals surface area contributed by atoms with Gasteiger partial charge in [0, 0.05) is 36.2 Å².